The van der Waals surface area contributed by atoms with Crippen molar-refractivity contribution in [2.24, 2.45) is 5.92 Å². The Morgan fingerprint density at radius 2 is 2.11 bits per heavy atom. The molecule has 3 nitrogen and oxygen atoms in total. The molecule has 0 aliphatic heterocycles. The summed E-state index contributed by atoms with van der Waals surface area (Å²) in [6, 6.07) is 3.57. The van der Waals surface area contributed by atoms with E-state index in [1.54, 1.807) is 0 Å². The third kappa shape index (κ3) is 2.92. The van der Waals surface area contributed by atoms with Gasteiger partial charge in [-0.2, -0.15) is 0 Å². The highest BCUT2D eigenvalue weighted by Gasteiger charge is 2.29. The maximum absolute atomic E-state index is 13.0. The van der Waals surface area contributed by atoms with Gasteiger partial charge in [0.2, 0.25) is 10.0 Å². The van der Waals surface area contributed by atoms with Crippen LogP contribution in [0.2, 0.25) is 0 Å². The lowest BCUT2D eigenvalue weighted by molar-refractivity contribution is 0.476. The van der Waals surface area contributed by atoms with E-state index < -0.39 is 15.8 Å². The minimum absolute atomic E-state index is 0.0213. The molecule has 1 aromatic carbocycles. The summed E-state index contributed by atoms with van der Waals surface area (Å²) in [6.45, 7) is 2.04. The largest absolute Gasteiger partial charge is 0.241 e. The molecular formula is C12H15BrFNO2S. The fourth-order valence-electron chi connectivity index (χ4n) is 2.28. The van der Waals surface area contributed by atoms with E-state index in [1.807, 2.05) is 6.92 Å². The first-order valence-corrected chi connectivity index (χ1v) is 8.15. The van der Waals surface area contributed by atoms with Crippen LogP contribution in [0, 0.1) is 11.7 Å². The minimum Gasteiger partial charge on any atom is -0.208 e. The van der Waals surface area contributed by atoms with Crippen molar-refractivity contribution in [1.29, 1.82) is 0 Å². The molecule has 2 unspecified atom stereocenters. The molecule has 1 aromatic rings. The first kappa shape index (κ1) is 14.0. The van der Waals surface area contributed by atoms with Crippen LogP contribution in [0.3, 0.4) is 0 Å². The van der Waals surface area contributed by atoms with Gasteiger partial charge in [-0.15, -0.1) is 0 Å². The predicted molar refractivity (Wildman–Crippen MR) is 71.2 cm³/mol. The Morgan fingerprint density at radius 1 is 1.39 bits per heavy atom. The molecule has 1 N–H and O–H groups in total. The van der Waals surface area contributed by atoms with Crippen LogP contribution in [0.1, 0.15) is 26.2 Å². The summed E-state index contributed by atoms with van der Waals surface area (Å²) < 4.78 is 40.3. The third-order valence-electron chi connectivity index (χ3n) is 3.35. The lowest BCUT2D eigenvalue weighted by atomic mass is 10.1. The normalized spacial score (nSPS) is 24.4. The van der Waals surface area contributed by atoms with Gasteiger partial charge in [0, 0.05) is 10.5 Å². The number of rotatable bonds is 3. The lowest BCUT2D eigenvalue weighted by Crippen LogP contribution is -2.36. The number of hydrogen-bond donors (Lipinski definition) is 1. The highest BCUT2D eigenvalue weighted by molar-refractivity contribution is 9.10. The van der Waals surface area contributed by atoms with E-state index in [0.717, 1.165) is 31.4 Å². The average molecular weight is 336 g/mol. The van der Waals surface area contributed by atoms with E-state index in [0.29, 0.717) is 5.92 Å². The summed E-state index contributed by atoms with van der Waals surface area (Å²) in [5.41, 5.74) is 0. The van der Waals surface area contributed by atoms with E-state index >= 15 is 0 Å². The van der Waals surface area contributed by atoms with Gasteiger partial charge in [-0.3, -0.25) is 0 Å². The van der Waals surface area contributed by atoms with Gasteiger partial charge >= 0.3 is 0 Å². The summed E-state index contributed by atoms with van der Waals surface area (Å²) >= 11 is 3.09. The van der Waals surface area contributed by atoms with E-state index in [-0.39, 0.29) is 15.4 Å². The Morgan fingerprint density at radius 3 is 2.67 bits per heavy atom. The average Bonchev–Trinajstić information content (AvgIpc) is 2.63. The number of halogens is 2. The standard InChI is InChI=1S/C12H15BrFNO2S/c1-8-3-2-4-11(8)15-18(16,17)12-6-5-9(14)7-10(12)13/h5-8,11,15H,2-4H2,1H3. The van der Waals surface area contributed by atoms with Crippen molar-refractivity contribution in [1.82, 2.24) is 4.72 Å². The summed E-state index contributed by atoms with van der Waals surface area (Å²) in [5, 5.41) is 0. The molecule has 2 rings (SSSR count). The predicted octanol–water partition coefficient (Wildman–Crippen LogP) is 3.06. The number of hydrogen-bond acceptors (Lipinski definition) is 2. The zero-order chi connectivity index (χ0) is 13.3. The molecule has 0 heterocycles. The van der Waals surface area contributed by atoms with Crippen molar-refractivity contribution >= 4 is 26.0 Å². The van der Waals surface area contributed by atoms with E-state index in [4.69, 9.17) is 0 Å². The monoisotopic (exact) mass is 335 g/mol. The highest BCUT2D eigenvalue weighted by atomic mass is 79.9. The summed E-state index contributed by atoms with van der Waals surface area (Å²) in [6.07, 6.45) is 2.94. The van der Waals surface area contributed by atoms with Crippen molar-refractivity contribution < 1.29 is 12.8 Å². The molecule has 0 saturated heterocycles. The quantitative estimate of drug-likeness (QED) is 0.922. The fraction of sp³-hybridized carbons (Fsp3) is 0.500. The Bertz CT molecular complexity index is 547. The maximum atomic E-state index is 13.0. The maximum Gasteiger partial charge on any atom is 0.241 e. The Balaban J connectivity index is 2.25. The zero-order valence-corrected chi connectivity index (χ0v) is 12.4. The fourth-order valence-corrected chi connectivity index (χ4v) is 4.71. The van der Waals surface area contributed by atoms with Crippen molar-refractivity contribution in [3.63, 3.8) is 0 Å². The minimum atomic E-state index is -3.59. The van der Waals surface area contributed by atoms with Crippen LogP contribution in [-0.2, 0) is 10.0 Å². The number of sulfonamides is 1. The second-order valence-corrected chi connectivity index (χ2v) is 7.25. The van der Waals surface area contributed by atoms with Crippen molar-refractivity contribution in [2.75, 3.05) is 0 Å². The molecule has 6 heteroatoms. The van der Waals surface area contributed by atoms with E-state index in [1.165, 1.54) is 6.07 Å². The van der Waals surface area contributed by atoms with Gasteiger partial charge in [-0.05, 0) is 52.9 Å². The van der Waals surface area contributed by atoms with Crippen molar-refractivity contribution in [3.8, 4) is 0 Å². The molecule has 1 fully saturated rings. The highest BCUT2D eigenvalue weighted by Crippen LogP contribution is 2.28. The van der Waals surface area contributed by atoms with Gasteiger partial charge in [0.05, 0.1) is 4.90 Å². The SMILES string of the molecule is CC1CCCC1NS(=O)(=O)c1ccc(F)cc1Br. The van der Waals surface area contributed by atoms with Crippen LogP contribution in [0.15, 0.2) is 27.6 Å². The van der Waals surface area contributed by atoms with Crippen LogP contribution in [0.4, 0.5) is 4.39 Å². The molecule has 1 aliphatic rings. The second kappa shape index (κ2) is 5.27. The zero-order valence-electron chi connectivity index (χ0n) is 9.99. The molecule has 2 atom stereocenters. The molecule has 0 bridgehead atoms. The van der Waals surface area contributed by atoms with E-state index in [2.05, 4.69) is 20.7 Å². The molecule has 0 radical (unpaired) electrons. The van der Waals surface area contributed by atoms with Crippen molar-refractivity contribution in [2.45, 2.75) is 37.1 Å². The number of benzene rings is 1. The molecule has 0 aromatic heterocycles. The molecule has 1 saturated carbocycles. The van der Waals surface area contributed by atoms with Crippen molar-refractivity contribution in [3.05, 3.63) is 28.5 Å². The molecule has 100 valence electrons. The Labute approximate surface area is 115 Å². The van der Waals surface area contributed by atoms with Gasteiger partial charge in [0.1, 0.15) is 5.82 Å². The molecule has 0 spiro atoms. The second-order valence-electron chi connectivity index (χ2n) is 4.71. The van der Waals surface area contributed by atoms with Crippen LogP contribution >= 0.6 is 15.9 Å². The summed E-state index contributed by atoms with van der Waals surface area (Å²) in [4.78, 5) is 0.0861. The topological polar surface area (TPSA) is 46.2 Å². The van der Waals surface area contributed by atoms with Gasteiger partial charge < -0.3 is 0 Å². The van der Waals surface area contributed by atoms with Gasteiger partial charge in [0.25, 0.3) is 0 Å². The van der Waals surface area contributed by atoms with Crippen LogP contribution in [0.25, 0.3) is 0 Å². The molecule has 1 aliphatic carbocycles. The van der Waals surface area contributed by atoms with Gasteiger partial charge in [-0.1, -0.05) is 13.3 Å². The van der Waals surface area contributed by atoms with Crippen LogP contribution in [-0.4, -0.2) is 14.5 Å². The van der Waals surface area contributed by atoms with Crippen LogP contribution < -0.4 is 4.72 Å². The number of nitrogens with one attached hydrogen (secondary N) is 1. The third-order valence-corrected chi connectivity index (χ3v) is 5.82. The van der Waals surface area contributed by atoms with E-state index in [9.17, 15) is 12.8 Å². The Kier molecular flexibility index (Phi) is 4.08. The smallest absolute Gasteiger partial charge is 0.208 e. The lowest BCUT2D eigenvalue weighted by Gasteiger charge is -2.17. The van der Waals surface area contributed by atoms with Gasteiger partial charge in [0.15, 0.2) is 0 Å². The van der Waals surface area contributed by atoms with Crippen LogP contribution in [0.5, 0.6) is 0 Å². The first-order valence-electron chi connectivity index (χ1n) is 5.87. The molecule has 0 amide bonds. The van der Waals surface area contributed by atoms with Gasteiger partial charge in [-0.25, -0.2) is 17.5 Å². The summed E-state index contributed by atoms with van der Waals surface area (Å²) in [7, 11) is -3.59. The summed E-state index contributed by atoms with van der Waals surface area (Å²) in [5.74, 6) is -0.117. The molecular weight excluding hydrogens is 321 g/mol. The molecule has 18 heavy (non-hydrogen) atoms. The Hall–Kier alpha value is -0.460. The first-order chi connectivity index (χ1) is 8.40.